The molecule has 0 radical (unpaired) electrons. The summed E-state index contributed by atoms with van der Waals surface area (Å²) in [4.78, 5) is 12.0. The second-order valence-electron chi connectivity index (χ2n) is 2.94. The topological polar surface area (TPSA) is 41.5 Å². The summed E-state index contributed by atoms with van der Waals surface area (Å²) < 4.78 is 0. The fraction of sp³-hybridized carbons (Fsp3) is 0.333. The molecule has 0 saturated heterocycles. The summed E-state index contributed by atoms with van der Waals surface area (Å²) in [5, 5.41) is 5.67. The predicted molar refractivity (Wildman–Crippen MR) is 55.1 cm³/mol. The summed E-state index contributed by atoms with van der Waals surface area (Å²) in [5.74, 6) is 0.204. The number of nitrogens with one attached hydrogen (secondary N) is 1. The minimum atomic E-state index is -0.146. The normalized spacial score (nSPS) is 11.0. The van der Waals surface area contributed by atoms with Gasteiger partial charge in [0.2, 0.25) is 0 Å². The molecule has 1 amide bonds. The van der Waals surface area contributed by atoms with Crippen LogP contribution in [0.4, 0.5) is 0 Å². The summed E-state index contributed by atoms with van der Waals surface area (Å²) in [6.07, 6.45) is 1.70. The van der Waals surface area contributed by atoms with E-state index in [-0.39, 0.29) is 5.91 Å². The van der Waals surface area contributed by atoms with Crippen molar-refractivity contribution in [1.29, 1.82) is 0 Å². The standard InChI is InChI=1S/C9H12N2OS/c1-7(2)6-10-11-9(12)8-4-3-5-13-8/h3-7H,1-2H3,(H,11,12)/b10-6+. The molecule has 1 N–H and O–H groups in total. The summed E-state index contributed by atoms with van der Waals surface area (Å²) in [7, 11) is 0. The first-order valence-electron chi connectivity index (χ1n) is 4.07. The molecule has 0 unspecified atom stereocenters. The summed E-state index contributed by atoms with van der Waals surface area (Å²) in [6.45, 7) is 4.00. The van der Waals surface area contributed by atoms with Crippen LogP contribution in [-0.2, 0) is 0 Å². The number of nitrogens with zero attached hydrogens (tertiary/aromatic N) is 1. The smallest absolute Gasteiger partial charge is 0.266 e. The minimum absolute atomic E-state index is 0.146. The number of amides is 1. The van der Waals surface area contributed by atoms with Crippen LogP contribution in [0, 0.1) is 5.92 Å². The monoisotopic (exact) mass is 196 g/mol. The second kappa shape index (κ2) is 4.77. The third kappa shape index (κ3) is 3.38. The Kier molecular flexibility index (Phi) is 3.64. The molecule has 70 valence electrons. The van der Waals surface area contributed by atoms with Gasteiger partial charge in [-0.05, 0) is 17.4 Å². The van der Waals surface area contributed by atoms with Crippen molar-refractivity contribution < 1.29 is 4.79 Å². The van der Waals surface area contributed by atoms with Gasteiger partial charge in [0.1, 0.15) is 0 Å². The Morgan fingerprint density at radius 1 is 1.69 bits per heavy atom. The van der Waals surface area contributed by atoms with Crippen LogP contribution in [0.25, 0.3) is 0 Å². The van der Waals surface area contributed by atoms with E-state index in [4.69, 9.17) is 0 Å². The number of rotatable bonds is 3. The lowest BCUT2D eigenvalue weighted by molar-refractivity contribution is 0.0959. The van der Waals surface area contributed by atoms with Crippen molar-refractivity contribution in [1.82, 2.24) is 5.43 Å². The Labute approximate surface area is 81.5 Å². The molecule has 4 heteroatoms. The van der Waals surface area contributed by atoms with Crippen LogP contribution in [0.1, 0.15) is 23.5 Å². The highest BCUT2D eigenvalue weighted by atomic mass is 32.1. The maximum absolute atomic E-state index is 11.3. The molecular formula is C9H12N2OS. The van der Waals surface area contributed by atoms with Gasteiger partial charge in [-0.25, -0.2) is 5.43 Å². The SMILES string of the molecule is CC(C)/C=N/NC(=O)c1cccs1. The first kappa shape index (κ1) is 9.92. The summed E-state index contributed by atoms with van der Waals surface area (Å²) in [5.41, 5.74) is 2.46. The molecule has 3 nitrogen and oxygen atoms in total. The third-order valence-electron chi connectivity index (χ3n) is 1.28. The number of carbonyl (C=O) groups excluding carboxylic acids is 1. The molecule has 1 aromatic heterocycles. The molecule has 0 fully saturated rings. The highest BCUT2D eigenvalue weighted by Crippen LogP contribution is 2.07. The Bertz CT molecular complexity index is 291. The van der Waals surface area contributed by atoms with E-state index in [2.05, 4.69) is 10.5 Å². The zero-order chi connectivity index (χ0) is 9.68. The number of thiophene rings is 1. The van der Waals surface area contributed by atoms with Gasteiger partial charge in [0, 0.05) is 6.21 Å². The first-order valence-corrected chi connectivity index (χ1v) is 4.95. The van der Waals surface area contributed by atoms with Crippen LogP contribution in [0.5, 0.6) is 0 Å². The van der Waals surface area contributed by atoms with Gasteiger partial charge < -0.3 is 0 Å². The van der Waals surface area contributed by atoms with Crippen LogP contribution < -0.4 is 5.43 Å². The number of hydrogen-bond donors (Lipinski definition) is 1. The average Bonchev–Trinajstić information content (AvgIpc) is 2.55. The molecule has 0 aromatic carbocycles. The lowest BCUT2D eigenvalue weighted by atomic mass is 10.3. The zero-order valence-corrected chi connectivity index (χ0v) is 8.47. The van der Waals surface area contributed by atoms with Crippen LogP contribution in [0.2, 0.25) is 0 Å². The van der Waals surface area contributed by atoms with Crippen molar-refractivity contribution in [2.24, 2.45) is 11.0 Å². The summed E-state index contributed by atoms with van der Waals surface area (Å²) >= 11 is 1.40. The maximum atomic E-state index is 11.3. The van der Waals surface area contributed by atoms with Crippen molar-refractivity contribution in [3.8, 4) is 0 Å². The second-order valence-corrected chi connectivity index (χ2v) is 3.89. The average molecular weight is 196 g/mol. The van der Waals surface area contributed by atoms with Gasteiger partial charge in [-0.2, -0.15) is 5.10 Å². The molecule has 1 heterocycles. The lowest BCUT2D eigenvalue weighted by Gasteiger charge is -1.96. The maximum Gasteiger partial charge on any atom is 0.281 e. The molecule has 0 spiro atoms. The Hall–Kier alpha value is -1.16. The summed E-state index contributed by atoms with van der Waals surface area (Å²) in [6, 6.07) is 3.61. The molecule has 0 aliphatic heterocycles. The van der Waals surface area contributed by atoms with Gasteiger partial charge in [0.05, 0.1) is 4.88 Å². The van der Waals surface area contributed by atoms with Gasteiger partial charge in [-0.3, -0.25) is 4.79 Å². The Morgan fingerprint density at radius 3 is 3.00 bits per heavy atom. The molecule has 0 aliphatic carbocycles. The van der Waals surface area contributed by atoms with Crippen molar-refractivity contribution >= 4 is 23.5 Å². The van der Waals surface area contributed by atoms with Gasteiger partial charge >= 0.3 is 0 Å². The van der Waals surface area contributed by atoms with Crippen molar-refractivity contribution in [3.63, 3.8) is 0 Å². The number of hydrazone groups is 1. The first-order chi connectivity index (χ1) is 6.20. The molecule has 0 aliphatic rings. The Morgan fingerprint density at radius 2 is 2.46 bits per heavy atom. The van der Waals surface area contributed by atoms with Gasteiger partial charge in [-0.1, -0.05) is 19.9 Å². The molecule has 0 saturated carbocycles. The van der Waals surface area contributed by atoms with Crippen molar-refractivity contribution in [3.05, 3.63) is 22.4 Å². The van der Waals surface area contributed by atoms with E-state index in [1.54, 1.807) is 12.3 Å². The van der Waals surface area contributed by atoms with E-state index in [1.165, 1.54) is 11.3 Å². The van der Waals surface area contributed by atoms with Gasteiger partial charge in [-0.15, -0.1) is 11.3 Å². The number of carbonyl (C=O) groups is 1. The highest BCUT2D eigenvalue weighted by molar-refractivity contribution is 7.12. The van der Waals surface area contributed by atoms with E-state index >= 15 is 0 Å². The molecule has 0 atom stereocenters. The van der Waals surface area contributed by atoms with Crippen molar-refractivity contribution in [2.75, 3.05) is 0 Å². The lowest BCUT2D eigenvalue weighted by Crippen LogP contribution is -2.16. The van der Waals surface area contributed by atoms with Crippen LogP contribution in [0.15, 0.2) is 22.6 Å². The highest BCUT2D eigenvalue weighted by Gasteiger charge is 2.03. The van der Waals surface area contributed by atoms with E-state index in [1.807, 2.05) is 25.3 Å². The minimum Gasteiger partial charge on any atom is -0.266 e. The molecule has 1 rings (SSSR count). The van der Waals surface area contributed by atoms with Crippen LogP contribution >= 0.6 is 11.3 Å². The predicted octanol–water partition coefficient (Wildman–Crippen LogP) is 2.12. The largest absolute Gasteiger partial charge is 0.281 e. The van der Waals surface area contributed by atoms with Crippen molar-refractivity contribution in [2.45, 2.75) is 13.8 Å². The van der Waals surface area contributed by atoms with E-state index in [9.17, 15) is 4.79 Å². The number of hydrogen-bond acceptors (Lipinski definition) is 3. The molecule has 0 bridgehead atoms. The van der Waals surface area contributed by atoms with E-state index in [0.717, 1.165) is 0 Å². The van der Waals surface area contributed by atoms with Gasteiger partial charge in [0.25, 0.3) is 5.91 Å². The molecule has 13 heavy (non-hydrogen) atoms. The molecule has 1 aromatic rings. The molecular weight excluding hydrogens is 184 g/mol. The van der Waals surface area contributed by atoms with E-state index < -0.39 is 0 Å². The zero-order valence-electron chi connectivity index (χ0n) is 7.65. The van der Waals surface area contributed by atoms with Gasteiger partial charge in [0.15, 0.2) is 0 Å². The van der Waals surface area contributed by atoms with Crippen LogP contribution in [0.3, 0.4) is 0 Å². The van der Waals surface area contributed by atoms with Crippen LogP contribution in [-0.4, -0.2) is 12.1 Å². The Balaban J connectivity index is 2.43. The fourth-order valence-corrected chi connectivity index (χ4v) is 1.32. The van der Waals surface area contributed by atoms with E-state index in [0.29, 0.717) is 10.8 Å². The third-order valence-corrected chi connectivity index (χ3v) is 2.15. The quantitative estimate of drug-likeness (QED) is 0.584. The fourth-order valence-electron chi connectivity index (χ4n) is 0.708.